The van der Waals surface area contributed by atoms with Crippen LogP contribution in [0.3, 0.4) is 0 Å². The molecule has 0 saturated carbocycles. The molecule has 9 aromatic rings. The fourth-order valence-corrected chi connectivity index (χ4v) is 16.6. The summed E-state index contributed by atoms with van der Waals surface area (Å²) in [5.74, 6) is -2.62. The first-order valence-corrected chi connectivity index (χ1v) is 39.4. The van der Waals surface area contributed by atoms with Crippen molar-refractivity contribution in [2.45, 2.75) is 215 Å². The molecule has 6 aliphatic heterocycles. The summed E-state index contributed by atoms with van der Waals surface area (Å²) in [5.41, 5.74) is -6.90. The fourth-order valence-electron chi connectivity index (χ4n) is 16.6. The predicted molar refractivity (Wildman–Crippen MR) is 401 cm³/mol. The molecule has 4 fully saturated rings. The molecule has 125 heavy (non-hydrogen) atoms. The van der Waals surface area contributed by atoms with E-state index in [0.29, 0.717) is 100 Å². The third-order valence-electron chi connectivity index (χ3n) is 22.8. The Morgan fingerprint density at radius 2 is 0.704 bits per heavy atom. The highest BCUT2D eigenvalue weighted by Crippen LogP contribution is 2.51. The molecular formula is C86H78F21N9O9. The summed E-state index contributed by atoms with van der Waals surface area (Å²) in [6, 6.07) is 19.0. The average Bonchev–Trinajstić information content (AvgIpc) is 1.61. The summed E-state index contributed by atoms with van der Waals surface area (Å²) in [7, 11) is 0. The van der Waals surface area contributed by atoms with Crippen LogP contribution in [0.2, 0.25) is 0 Å². The average molecular weight is 1780 g/mol. The van der Waals surface area contributed by atoms with Gasteiger partial charge in [-0.3, -0.25) is 14.4 Å². The van der Waals surface area contributed by atoms with Gasteiger partial charge in [0.05, 0.1) is 70.0 Å². The number of aryl methyl sites for hydroxylation is 1. The second-order valence-electron chi connectivity index (χ2n) is 31.9. The molecule has 15 rings (SSSR count). The Bertz CT molecular complexity index is 5270. The zero-order chi connectivity index (χ0) is 90.8. The molecule has 3 amide bonds. The minimum Gasteiger partial charge on any atom is -0.368 e. The predicted octanol–water partition coefficient (Wildman–Crippen LogP) is 21.4. The summed E-state index contributed by atoms with van der Waals surface area (Å²) >= 11 is 0. The Kier molecular flexibility index (Phi) is 26.0. The van der Waals surface area contributed by atoms with Crippen LogP contribution in [-0.4, -0.2) is 119 Å². The van der Waals surface area contributed by atoms with E-state index in [0.717, 1.165) is 0 Å². The number of piperidine rings is 1. The van der Waals surface area contributed by atoms with Crippen molar-refractivity contribution in [3.05, 3.63) is 259 Å². The molecule has 668 valence electrons. The van der Waals surface area contributed by atoms with Gasteiger partial charge < -0.3 is 42.5 Å². The highest BCUT2D eigenvalue weighted by Gasteiger charge is 2.54. The Morgan fingerprint density at radius 1 is 0.392 bits per heavy atom. The maximum Gasteiger partial charge on any atom is 0.416 e. The zero-order valence-electron chi connectivity index (χ0n) is 67.2. The third-order valence-corrected chi connectivity index (χ3v) is 22.8. The molecule has 18 nitrogen and oxygen atoms in total. The number of halogens is 21. The van der Waals surface area contributed by atoms with E-state index < -0.39 is 178 Å². The van der Waals surface area contributed by atoms with Crippen LogP contribution in [0.25, 0.3) is 11.1 Å². The van der Waals surface area contributed by atoms with Crippen LogP contribution in [-0.2, 0) is 72.1 Å². The Balaban J connectivity index is 0.000000161. The maximum absolute atomic E-state index is 13.8. The molecule has 39 heteroatoms. The van der Waals surface area contributed by atoms with Crippen LogP contribution < -0.4 is 0 Å². The molecule has 6 aliphatic rings. The lowest BCUT2D eigenvalue weighted by atomic mass is 9.81. The fraction of sp³-hybridized carbons (Fsp3) is 0.430. The van der Waals surface area contributed by atoms with Crippen molar-refractivity contribution in [2.75, 3.05) is 19.6 Å². The van der Waals surface area contributed by atoms with E-state index >= 15 is 0 Å². The van der Waals surface area contributed by atoms with E-state index in [1.165, 1.54) is 116 Å². The number of hydrogen-bond donors (Lipinski definition) is 0. The van der Waals surface area contributed by atoms with Gasteiger partial charge in [0.25, 0.3) is 11.8 Å². The van der Waals surface area contributed by atoms with E-state index in [1.807, 2.05) is 34.6 Å². The first-order valence-electron chi connectivity index (χ1n) is 39.4. The SMILES string of the molecule is CC(C)c1noc(C2=CC(=O)N3CC(O[C@H](C)c4cc(C(F)(F)F)cc(C(F)(F)F)c4)[C@@H](c4ccc(F)cc4)C3C2)n1.CC(C)c1noc(C2CC(=O)N3CC(O[C@H](C)c4cc(C(F)(F)F)cc(C(F)(F)F)c4)[C@@H](c4ccc(F)cc4)C3C2)n1.CCc1noc(C2=CC(=O)N3CC(O[C@H](C)c4cc(C(F)(F)F)cc(C(F)(F)F)c4)[C@@H](c4ccc(F)cc4)C3C2)n1. The number of carbonyl (C=O) groups is 3. The number of carbonyl (C=O) groups excluding carboxylic acids is 3. The number of amides is 3. The van der Waals surface area contributed by atoms with E-state index in [4.69, 9.17) is 27.8 Å². The number of aromatic nitrogens is 6. The van der Waals surface area contributed by atoms with Gasteiger partial charge in [-0.15, -0.1) is 0 Å². The number of nitrogens with zero attached hydrogens (tertiary/aromatic N) is 9. The first-order chi connectivity index (χ1) is 58.5. The minimum absolute atomic E-state index is 0.00436. The highest BCUT2D eigenvalue weighted by molar-refractivity contribution is 5.98. The maximum atomic E-state index is 13.8. The lowest BCUT2D eigenvalue weighted by Crippen LogP contribution is -2.43. The first kappa shape index (κ1) is 91.7. The Morgan fingerprint density at radius 3 is 1.02 bits per heavy atom. The normalized spacial score (nSPS) is 22.6. The monoisotopic (exact) mass is 1780 g/mol. The molecule has 0 spiro atoms. The van der Waals surface area contributed by atoms with Crippen molar-refractivity contribution >= 4 is 28.9 Å². The summed E-state index contributed by atoms with van der Waals surface area (Å²) in [6.45, 7) is 13.5. The molecule has 0 N–H and O–H groups in total. The molecule has 7 unspecified atom stereocenters. The van der Waals surface area contributed by atoms with Crippen molar-refractivity contribution in [1.29, 1.82) is 0 Å². The molecule has 9 heterocycles. The van der Waals surface area contributed by atoms with Gasteiger partial charge in [0.2, 0.25) is 23.6 Å². The topological polar surface area (TPSA) is 205 Å². The molecule has 3 aromatic heterocycles. The van der Waals surface area contributed by atoms with Crippen LogP contribution in [0.1, 0.15) is 237 Å². The van der Waals surface area contributed by atoms with Gasteiger partial charge in [0, 0.05) is 109 Å². The molecule has 13 atom stereocenters. The van der Waals surface area contributed by atoms with E-state index in [9.17, 15) is 107 Å². The van der Waals surface area contributed by atoms with Gasteiger partial charge in [-0.25, -0.2) is 13.2 Å². The lowest BCUT2D eigenvalue weighted by Gasteiger charge is -2.35. The van der Waals surface area contributed by atoms with Crippen molar-refractivity contribution in [1.82, 2.24) is 45.1 Å². The largest absolute Gasteiger partial charge is 0.416 e. The number of benzene rings is 6. The second kappa shape index (κ2) is 35.5. The van der Waals surface area contributed by atoms with Gasteiger partial charge in [0.1, 0.15) is 17.5 Å². The lowest BCUT2D eigenvalue weighted by molar-refractivity contribution is -0.145. The van der Waals surface area contributed by atoms with Crippen LogP contribution in [0.15, 0.2) is 153 Å². The molecule has 0 radical (unpaired) electrons. The molecule has 0 aliphatic carbocycles. The van der Waals surface area contributed by atoms with Gasteiger partial charge in [-0.2, -0.15) is 94.0 Å². The molecule has 6 aromatic carbocycles. The molecule has 4 saturated heterocycles. The Hall–Kier alpha value is -11.0. The smallest absolute Gasteiger partial charge is 0.368 e. The van der Waals surface area contributed by atoms with E-state index in [1.54, 1.807) is 4.90 Å². The van der Waals surface area contributed by atoms with Gasteiger partial charge >= 0.3 is 37.1 Å². The van der Waals surface area contributed by atoms with Crippen LogP contribution >= 0.6 is 0 Å². The molecule has 0 bridgehead atoms. The van der Waals surface area contributed by atoms with Crippen molar-refractivity contribution in [3.8, 4) is 0 Å². The van der Waals surface area contributed by atoms with Crippen LogP contribution in [0, 0.1) is 17.5 Å². The number of alkyl halides is 18. The van der Waals surface area contributed by atoms with Gasteiger partial charge in [-0.05, 0) is 164 Å². The van der Waals surface area contributed by atoms with Crippen molar-refractivity contribution < 1.29 is 134 Å². The second-order valence-corrected chi connectivity index (χ2v) is 31.9. The van der Waals surface area contributed by atoms with Crippen molar-refractivity contribution in [3.63, 3.8) is 0 Å². The van der Waals surface area contributed by atoms with Crippen LogP contribution in [0.5, 0.6) is 0 Å². The quantitative estimate of drug-likeness (QED) is 0.0733. The standard InChI is InChI=1S/C29H28F7N3O3.C29H26F7N3O3.C28H24F7N3O3/c2*1-14(2)26-37-27(42-38-26)18-10-22-25(16-4-6-21(30)7-5-16)23(13-39(22)24(40)11-18)41-15(3)17-8-19(28(31,32)33)12-20(9-17)29(34,35)36;1-3-23-36-26(41-37-23)17-10-21-25(15-4-6-20(29)7-5-15)22(13-38(21)24(39)11-17)40-14(2)16-8-18(27(30,31)32)12-19(9-16)28(33,34)35/h4-9,12,14-15,18,22-23,25H,10-11,13H2,1-3H3;4-9,11-12,14-15,22-23,25H,10,13H2,1-3H3;4-9,11-12,14,21-22,25H,3,10,13H2,1-2H3/t15-,18?,22?,23?,25+;15-,22?,23?,25+;14-,21?,22?,25+/m111/s1. The summed E-state index contributed by atoms with van der Waals surface area (Å²) in [6.07, 6.45) is -32.0. The summed E-state index contributed by atoms with van der Waals surface area (Å²) in [4.78, 5) is 57.5. The van der Waals surface area contributed by atoms with Gasteiger partial charge in [0.15, 0.2) is 17.5 Å². The van der Waals surface area contributed by atoms with Crippen molar-refractivity contribution in [2.24, 2.45) is 0 Å². The number of fused-ring (bicyclic) bond motifs is 3. The van der Waals surface area contributed by atoms with Gasteiger partial charge in [-0.1, -0.05) is 86.5 Å². The van der Waals surface area contributed by atoms with Crippen LogP contribution in [0.4, 0.5) is 92.2 Å². The zero-order valence-corrected chi connectivity index (χ0v) is 67.2. The Labute approximate surface area is 699 Å². The third kappa shape index (κ3) is 20.6. The number of ether oxygens (including phenoxy) is 3. The van der Waals surface area contributed by atoms with E-state index in [2.05, 4.69) is 30.4 Å². The number of rotatable bonds is 18. The highest BCUT2D eigenvalue weighted by atomic mass is 19.4. The summed E-state index contributed by atoms with van der Waals surface area (Å²) < 4.78 is 319. The molecular weight excluding hydrogens is 1700 g/mol. The van der Waals surface area contributed by atoms with E-state index in [-0.39, 0.29) is 103 Å². The minimum atomic E-state index is -5.01. The summed E-state index contributed by atoms with van der Waals surface area (Å²) in [5, 5.41) is 11.8. The number of hydrogen-bond acceptors (Lipinski definition) is 15.